The number of hydrogen-bond acceptors (Lipinski definition) is 5. The van der Waals surface area contributed by atoms with Gasteiger partial charge in [0.05, 0.1) is 10.5 Å². The lowest BCUT2D eigenvalue weighted by Gasteiger charge is -2.12. The summed E-state index contributed by atoms with van der Waals surface area (Å²) >= 11 is 0. The zero-order valence-electron chi connectivity index (χ0n) is 17.0. The van der Waals surface area contributed by atoms with Crippen LogP contribution in [-0.4, -0.2) is 15.8 Å². The zero-order chi connectivity index (χ0) is 22.3. The Labute approximate surface area is 184 Å². The number of hydrogen-bond donors (Lipinski definition) is 1. The number of para-hydroxylation sites is 3. The van der Waals surface area contributed by atoms with Crippen molar-refractivity contribution in [3.63, 3.8) is 0 Å². The Morgan fingerprint density at radius 1 is 0.844 bits per heavy atom. The monoisotopic (exact) mass is 425 g/mol. The first-order valence-corrected chi connectivity index (χ1v) is 9.89. The van der Waals surface area contributed by atoms with E-state index in [-0.39, 0.29) is 28.7 Å². The van der Waals surface area contributed by atoms with Crippen molar-refractivity contribution in [2.24, 2.45) is 0 Å². The van der Waals surface area contributed by atoms with E-state index in [0.717, 1.165) is 17.5 Å². The molecular formula is C25H19N3O4. The number of nitrogens with one attached hydrogen (secondary N) is 1. The summed E-state index contributed by atoms with van der Waals surface area (Å²) < 4.78 is 5.74. The van der Waals surface area contributed by atoms with Crippen molar-refractivity contribution in [3.8, 4) is 11.5 Å². The van der Waals surface area contributed by atoms with E-state index in [0.29, 0.717) is 5.69 Å². The van der Waals surface area contributed by atoms with Crippen molar-refractivity contribution >= 4 is 17.3 Å². The summed E-state index contributed by atoms with van der Waals surface area (Å²) in [4.78, 5) is 27.6. The Kier molecular flexibility index (Phi) is 6.17. The summed E-state index contributed by atoms with van der Waals surface area (Å²) in [6.45, 7) is 0. The number of benzene rings is 3. The van der Waals surface area contributed by atoms with Crippen molar-refractivity contribution in [2.45, 2.75) is 6.42 Å². The average Bonchev–Trinajstić information content (AvgIpc) is 2.81. The fourth-order valence-electron chi connectivity index (χ4n) is 3.20. The third-order valence-corrected chi connectivity index (χ3v) is 4.78. The minimum atomic E-state index is -0.522. The molecule has 7 nitrogen and oxygen atoms in total. The predicted octanol–water partition coefficient (Wildman–Crippen LogP) is 5.63. The number of rotatable bonds is 7. The van der Waals surface area contributed by atoms with Crippen LogP contribution >= 0.6 is 0 Å². The van der Waals surface area contributed by atoms with Crippen molar-refractivity contribution in [1.82, 2.24) is 4.98 Å². The number of nitrogens with zero attached hydrogens (tertiary/aromatic N) is 2. The smallest absolute Gasteiger partial charge is 0.311 e. The van der Waals surface area contributed by atoms with Crippen LogP contribution in [0.2, 0.25) is 0 Å². The number of pyridine rings is 1. The van der Waals surface area contributed by atoms with Gasteiger partial charge in [-0.15, -0.1) is 0 Å². The number of nitro benzene ring substituents is 1. The van der Waals surface area contributed by atoms with Gasteiger partial charge in [0, 0.05) is 24.1 Å². The van der Waals surface area contributed by atoms with Gasteiger partial charge in [0.2, 0.25) is 5.75 Å². The second kappa shape index (κ2) is 9.53. The Hall–Kier alpha value is -4.52. The van der Waals surface area contributed by atoms with Gasteiger partial charge in [-0.3, -0.25) is 19.9 Å². The lowest BCUT2D eigenvalue weighted by Crippen LogP contribution is -2.13. The molecule has 1 heterocycles. The van der Waals surface area contributed by atoms with E-state index in [9.17, 15) is 14.9 Å². The minimum absolute atomic E-state index is 0.0678. The van der Waals surface area contributed by atoms with E-state index in [1.54, 1.807) is 48.8 Å². The molecule has 3 aromatic carbocycles. The van der Waals surface area contributed by atoms with E-state index >= 15 is 0 Å². The van der Waals surface area contributed by atoms with Crippen molar-refractivity contribution < 1.29 is 14.5 Å². The fourth-order valence-corrected chi connectivity index (χ4v) is 3.20. The highest BCUT2D eigenvalue weighted by atomic mass is 16.6. The summed E-state index contributed by atoms with van der Waals surface area (Å²) in [5.74, 6) is -0.0760. The summed E-state index contributed by atoms with van der Waals surface area (Å²) in [5, 5.41) is 14.1. The highest BCUT2D eigenvalue weighted by Gasteiger charge is 2.18. The number of carbonyl (C=O) groups excluding carboxylic acids is 1. The molecule has 1 amide bonds. The number of aromatic nitrogens is 1. The third-order valence-electron chi connectivity index (χ3n) is 4.78. The van der Waals surface area contributed by atoms with Crippen LogP contribution in [0.15, 0.2) is 97.3 Å². The lowest BCUT2D eigenvalue weighted by molar-refractivity contribution is -0.385. The molecule has 1 aromatic heterocycles. The molecule has 0 saturated carbocycles. The molecule has 158 valence electrons. The minimum Gasteiger partial charge on any atom is -0.449 e. The zero-order valence-corrected chi connectivity index (χ0v) is 17.0. The Balaban J connectivity index is 1.49. The molecule has 7 heteroatoms. The van der Waals surface area contributed by atoms with Crippen LogP contribution < -0.4 is 10.1 Å². The van der Waals surface area contributed by atoms with Gasteiger partial charge in [0.15, 0.2) is 0 Å². The van der Waals surface area contributed by atoms with E-state index in [1.807, 2.05) is 36.4 Å². The first-order valence-electron chi connectivity index (χ1n) is 9.89. The normalized spacial score (nSPS) is 10.4. The summed E-state index contributed by atoms with van der Waals surface area (Å²) in [7, 11) is 0. The van der Waals surface area contributed by atoms with E-state index < -0.39 is 4.92 Å². The maximum atomic E-state index is 12.9. The van der Waals surface area contributed by atoms with Crippen LogP contribution in [0, 0.1) is 10.1 Å². The molecule has 0 aliphatic rings. The van der Waals surface area contributed by atoms with Gasteiger partial charge in [-0.2, -0.15) is 0 Å². The Morgan fingerprint density at radius 2 is 1.47 bits per heavy atom. The van der Waals surface area contributed by atoms with Gasteiger partial charge in [0.1, 0.15) is 5.75 Å². The van der Waals surface area contributed by atoms with Crippen LogP contribution in [0.5, 0.6) is 11.5 Å². The number of amides is 1. The van der Waals surface area contributed by atoms with Crippen LogP contribution in [0.4, 0.5) is 11.4 Å². The van der Waals surface area contributed by atoms with Gasteiger partial charge in [-0.25, -0.2) is 0 Å². The van der Waals surface area contributed by atoms with Gasteiger partial charge in [-0.05, 0) is 60.0 Å². The molecule has 0 spiro atoms. The van der Waals surface area contributed by atoms with Gasteiger partial charge >= 0.3 is 5.69 Å². The van der Waals surface area contributed by atoms with Gasteiger partial charge in [0.25, 0.3) is 5.91 Å². The van der Waals surface area contributed by atoms with E-state index in [2.05, 4.69) is 10.3 Å². The number of carbonyl (C=O) groups is 1. The standard InChI is InChI=1S/C25H19N3O4/c29-25(27-20-11-9-18(10-12-20)17-19-13-15-26-16-14-19)21-5-1-3-7-23(21)32-24-8-4-2-6-22(24)28(30)31/h1-16H,17H2,(H,27,29). The molecule has 1 N–H and O–H groups in total. The first-order chi connectivity index (χ1) is 15.6. The molecule has 0 atom stereocenters. The molecular weight excluding hydrogens is 406 g/mol. The summed E-state index contributed by atoms with van der Waals surface area (Å²) in [6, 6.07) is 24.2. The number of ether oxygens (including phenoxy) is 1. The molecule has 0 unspecified atom stereocenters. The van der Waals surface area contributed by atoms with E-state index in [1.165, 1.54) is 12.1 Å². The van der Waals surface area contributed by atoms with Crippen molar-refractivity contribution in [3.05, 3.63) is 124 Å². The second-order valence-electron chi connectivity index (χ2n) is 7.01. The molecule has 0 radical (unpaired) electrons. The highest BCUT2D eigenvalue weighted by molar-refractivity contribution is 6.06. The molecule has 4 rings (SSSR count). The maximum absolute atomic E-state index is 12.9. The van der Waals surface area contributed by atoms with Gasteiger partial charge < -0.3 is 10.1 Å². The first kappa shape index (κ1) is 20.7. The maximum Gasteiger partial charge on any atom is 0.311 e. The topological polar surface area (TPSA) is 94.4 Å². The quantitative estimate of drug-likeness (QED) is 0.306. The van der Waals surface area contributed by atoms with Crippen LogP contribution in [-0.2, 0) is 6.42 Å². The van der Waals surface area contributed by atoms with E-state index in [4.69, 9.17) is 4.74 Å². The fraction of sp³-hybridized carbons (Fsp3) is 0.0400. The van der Waals surface area contributed by atoms with Crippen molar-refractivity contribution in [1.29, 1.82) is 0 Å². The molecule has 0 aliphatic heterocycles. The van der Waals surface area contributed by atoms with Crippen LogP contribution in [0.25, 0.3) is 0 Å². The largest absolute Gasteiger partial charge is 0.449 e. The molecule has 0 aliphatic carbocycles. The second-order valence-corrected chi connectivity index (χ2v) is 7.01. The lowest BCUT2D eigenvalue weighted by atomic mass is 10.1. The predicted molar refractivity (Wildman–Crippen MR) is 121 cm³/mol. The Bertz CT molecular complexity index is 1240. The van der Waals surface area contributed by atoms with Crippen molar-refractivity contribution in [2.75, 3.05) is 5.32 Å². The SMILES string of the molecule is O=C(Nc1ccc(Cc2ccncc2)cc1)c1ccccc1Oc1ccccc1[N+](=O)[O-]. The molecule has 0 bridgehead atoms. The average molecular weight is 425 g/mol. The molecule has 0 fully saturated rings. The Morgan fingerprint density at radius 3 is 2.19 bits per heavy atom. The van der Waals surface area contributed by atoms with Gasteiger partial charge in [-0.1, -0.05) is 36.4 Å². The molecule has 4 aromatic rings. The number of anilines is 1. The third kappa shape index (κ3) is 4.96. The van der Waals surface area contributed by atoms with Crippen LogP contribution in [0.3, 0.4) is 0 Å². The van der Waals surface area contributed by atoms with Crippen LogP contribution in [0.1, 0.15) is 21.5 Å². The number of nitro groups is 1. The molecule has 32 heavy (non-hydrogen) atoms. The highest BCUT2D eigenvalue weighted by Crippen LogP contribution is 2.32. The summed E-state index contributed by atoms with van der Waals surface area (Å²) in [5.41, 5.74) is 2.99. The molecule has 0 saturated heterocycles. The summed E-state index contributed by atoms with van der Waals surface area (Å²) in [6.07, 6.45) is 4.28.